The van der Waals surface area contributed by atoms with Gasteiger partial charge in [-0.2, -0.15) is 5.10 Å². The van der Waals surface area contributed by atoms with Gasteiger partial charge in [0.1, 0.15) is 6.73 Å². The fraction of sp³-hybridized carbons (Fsp3) is 0.583. The number of nitrogens with zero attached hydrogens (tertiary/aromatic N) is 2. The molecule has 94 valence electrons. The maximum absolute atomic E-state index is 5.77. The largest absolute Gasteiger partial charge is 0.395 e. The average Bonchev–Trinajstić information content (AvgIpc) is 2.54. The Morgan fingerprint density at radius 1 is 1.47 bits per heavy atom. The van der Waals surface area contributed by atoms with E-state index in [9.17, 15) is 0 Å². The Hall–Kier alpha value is -1.25. The van der Waals surface area contributed by atoms with Crippen LogP contribution in [0.1, 0.15) is 12.6 Å². The Labute approximate surface area is 104 Å². The lowest BCUT2D eigenvalue weighted by Crippen LogP contribution is -2.22. The van der Waals surface area contributed by atoms with Gasteiger partial charge in [0.2, 0.25) is 0 Å². The van der Waals surface area contributed by atoms with E-state index in [4.69, 9.17) is 10.5 Å². The van der Waals surface area contributed by atoms with Gasteiger partial charge < -0.3 is 10.5 Å². The maximum atomic E-state index is 5.77. The molecule has 0 aliphatic rings. The molecule has 0 unspecified atom stereocenters. The number of aromatic nitrogens is 2. The number of nitrogens with two attached hydrogens (primary N) is 1. The molecule has 0 spiro atoms. The molecular weight excluding hydrogens is 230 g/mol. The van der Waals surface area contributed by atoms with Crippen LogP contribution in [0.25, 0.3) is 0 Å². The van der Waals surface area contributed by atoms with Gasteiger partial charge >= 0.3 is 0 Å². The summed E-state index contributed by atoms with van der Waals surface area (Å²) in [4.78, 5) is 0. The second-order valence-electron chi connectivity index (χ2n) is 5.20. The minimum atomic E-state index is -1.02. The van der Waals surface area contributed by atoms with Gasteiger partial charge in [-0.05, 0) is 18.9 Å². The lowest BCUT2D eigenvalue weighted by atomic mass is 10.4. The van der Waals surface area contributed by atoms with E-state index in [2.05, 4.69) is 36.6 Å². The van der Waals surface area contributed by atoms with Crippen molar-refractivity contribution in [2.24, 2.45) is 0 Å². The minimum Gasteiger partial charge on any atom is -0.395 e. The highest BCUT2D eigenvalue weighted by molar-refractivity contribution is 6.76. The molecule has 0 aliphatic carbocycles. The molecule has 17 heavy (non-hydrogen) atoms. The number of nitrogen functional groups attached to an aromatic ring is 1. The molecule has 2 N–H and O–H groups in total. The summed E-state index contributed by atoms with van der Waals surface area (Å²) < 4.78 is 7.27. The van der Waals surface area contributed by atoms with Crippen LogP contribution >= 0.6 is 0 Å². The van der Waals surface area contributed by atoms with Crippen LogP contribution in [0.3, 0.4) is 0 Å². The van der Waals surface area contributed by atoms with Crippen LogP contribution in [0, 0.1) is 11.8 Å². The van der Waals surface area contributed by atoms with E-state index in [1.54, 1.807) is 17.8 Å². The first-order valence-electron chi connectivity index (χ1n) is 5.76. The molecular formula is C12H21N3OSi. The first-order chi connectivity index (χ1) is 7.92. The highest BCUT2D eigenvalue weighted by Gasteiger charge is 2.12. The molecule has 0 atom stereocenters. The van der Waals surface area contributed by atoms with Gasteiger partial charge in [-0.3, -0.25) is 0 Å². The zero-order chi connectivity index (χ0) is 12.9. The average molecular weight is 251 g/mol. The third kappa shape index (κ3) is 5.07. The van der Waals surface area contributed by atoms with Crippen LogP contribution < -0.4 is 5.73 Å². The van der Waals surface area contributed by atoms with Crippen molar-refractivity contribution in [3.8, 4) is 11.8 Å². The van der Waals surface area contributed by atoms with Crippen molar-refractivity contribution in [3.05, 3.63) is 11.9 Å². The monoisotopic (exact) mass is 251 g/mol. The fourth-order valence-electron chi connectivity index (χ4n) is 1.25. The molecule has 0 bridgehead atoms. The molecule has 0 aromatic carbocycles. The van der Waals surface area contributed by atoms with Crippen LogP contribution in [0.5, 0.6) is 0 Å². The highest BCUT2D eigenvalue weighted by Crippen LogP contribution is 2.09. The quantitative estimate of drug-likeness (QED) is 0.495. The Kier molecular flexibility index (Phi) is 4.79. The van der Waals surface area contributed by atoms with Gasteiger partial charge in [0, 0.05) is 14.7 Å². The van der Waals surface area contributed by atoms with Gasteiger partial charge in [-0.15, -0.1) is 0 Å². The summed E-state index contributed by atoms with van der Waals surface area (Å²) >= 11 is 0. The van der Waals surface area contributed by atoms with Crippen LogP contribution in [0.4, 0.5) is 5.69 Å². The standard InChI is InChI=1S/C12H21N3OSi/c1-5-6-12-11(13)9-15(14-12)10-16-7-8-17(2,3)4/h9H,7-8,10,13H2,1-4H3. The predicted molar refractivity (Wildman–Crippen MR) is 73.3 cm³/mol. The van der Waals surface area contributed by atoms with Crippen LogP contribution in [0.2, 0.25) is 25.7 Å². The lowest BCUT2D eigenvalue weighted by molar-refractivity contribution is 0.0785. The smallest absolute Gasteiger partial charge is 0.158 e. The van der Waals surface area contributed by atoms with Crippen molar-refractivity contribution >= 4 is 13.8 Å². The Bertz CT molecular complexity index is 423. The molecule has 1 aromatic rings. The molecule has 5 heteroatoms. The van der Waals surface area contributed by atoms with Gasteiger partial charge in [-0.1, -0.05) is 25.6 Å². The number of hydrogen-bond acceptors (Lipinski definition) is 3. The summed E-state index contributed by atoms with van der Waals surface area (Å²) in [6.07, 6.45) is 1.76. The van der Waals surface area contributed by atoms with E-state index >= 15 is 0 Å². The van der Waals surface area contributed by atoms with Crippen molar-refractivity contribution in [1.82, 2.24) is 9.78 Å². The van der Waals surface area contributed by atoms with Crippen LogP contribution in [-0.2, 0) is 11.5 Å². The number of rotatable bonds is 5. The fourth-order valence-corrected chi connectivity index (χ4v) is 2.01. The number of anilines is 1. The molecule has 0 aliphatic heterocycles. The topological polar surface area (TPSA) is 53.1 Å². The highest BCUT2D eigenvalue weighted by atomic mass is 28.3. The van der Waals surface area contributed by atoms with Crippen molar-refractivity contribution in [2.75, 3.05) is 12.3 Å². The molecule has 0 radical (unpaired) electrons. The molecule has 0 fully saturated rings. The second-order valence-corrected chi connectivity index (χ2v) is 10.8. The summed E-state index contributed by atoms with van der Waals surface area (Å²) in [6.45, 7) is 9.98. The normalized spacial score (nSPS) is 11.1. The van der Waals surface area contributed by atoms with Crippen molar-refractivity contribution in [1.29, 1.82) is 0 Å². The van der Waals surface area contributed by atoms with Crippen molar-refractivity contribution in [2.45, 2.75) is 39.3 Å². The number of hydrogen-bond donors (Lipinski definition) is 1. The van der Waals surface area contributed by atoms with Gasteiger partial charge in [0.25, 0.3) is 0 Å². The molecule has 0 saturated carbocycles. The van der Waals surface area contributed by atoms with E-state index < -0.39 is 8.07 Å². The third-order valence-electron chi connectivity index (χ3n) is 2.25. The Morgan fingerprint density at radius 2 is 2.18 bits per heavy atom. The molecule has 0 saturated heterocycles. The first kappa shape index (κ1) is 13.8. The zero-order valence-electron chi connectivity index (χ0n) is 11.1. The van der Waals surface area contributed by atoms with Crippen molar-refractivity contribution < 1.29 is 4.74 Å². The van der Waals surface area contributed by atoms with E-state index in [0.29, 0.717) is 18.1 Å². The number of ether oxygens (including phenoxy) is 1. The predicted octanol–water partition coefficient (Wildman–Crippen LogP) is 2.15. The SMILES string of the molecule is CC#Cc1nn(COCC[Si](C)(C)C)cc1N. The van der Waals surface area contributed by atoms with E-state index in [1.807, 2.05) is 0 Å². The molecule has 1 heterocycles. The summed E-state index contributed by atoms with van der Waals surface area (Å²) in [5, 5.41) is 4.24. The Balaban J connectivity index is 2.42. The lowest BCUT2D eigenvalue weighted by Gasteiger charge is -2.15. The van der Waals surface area contributed by atoms with E-state index in [1.165, 1.54) is 0 Å². The van der Waals surface area contributed by atoms with Crippen LogP contribution in [-0.4, -0.2) is 24.5 Å². The second kappa shape index (κ2) is 5.89. The zero-order valence-corrected chi connectivity index (χ0v) is 12.1. The summed E-state index contributed by atoms with van der Waals surface area (Å²) in [6, 6.07) is 1.16. The first-order valence-corrected chi connectivity index (χ1v) is 9.46. The molecule has 0 amide bonds. The van der Waals surface area contributed by atoms with Gasteiger partial charge in [0.15, 0.2) is 5.69 Å². The molecule has 1 aromatic heterocycles. The van der Waals surface area contributed by atoms with E-state index in [-0.39, 0.29) is 0 Å². The van der Waals surface area contributed by atoms with E-state index in [0.717, 1.165) is 12.7 Å². The summed E-state index contributed by atoms with van der Waals surface area (Å²) in [7, 11) is -1.02. The summed E-state index contributed by atoms with van der Waals surface area (Å²) in [5.74, 6) is 5.64. The Morgan fingerprint density at radius 3 is 2.76 bits per heavy atom. The van der Waals surface area contributed by atoms with Crippen molar-refractivity contribution in [3.63, 3.8) is 0 Å². The summed E-state index contributed by atoms with van der Waals surface area (Å²) in [5.41, 5.74) is 7.00. The van der Waals surface area contributed by atoms with Gasteiger partial charge in [0.05, 0.1) is 11.9 Å². The molecule has 4 nitrogen and oxygen atoms in total. The van der Waals surface area contributed by atoms with Gasteiger partial charge in [-0.25, -0.2) is 4.68 Å². The third-order valence-corrected chi connectivity index (χ3v) is 3.96. The maximum Gasteiger partial charge on any atom is 0.158 e. The van der Waals surface area contributed by atoms with Crippen LogP contribution in [0.15, 0.2) is 6.20 Å². The molecule has 1 rings (SSSR count). The minimum absolute atomic E-state index is 0.445.